The van der Waals surface area contributed by atoms with Crippen LogP contribution in [0.2, 0.25) is 0 Å². The zero-order valence-corrected chi connectivity index (χ0v) is 7.24. The van der Waals surface area contributed by atoms with Gasteiger partial charge in [0.2, 0.25) is 0 Å². The molecule has 1 rings (SSSR count). The molecule has 0 aliphatic rings. The van der Waals surface area contributed by atoms with E-state index in [0.29, 0.717) is 5.56 Å². The van der Waals surface area contributed by atoms with E-state index < -0.39 is 6.10 Å². The number of benzene rings is 1. The minimum Gasteiger partial charge on any atom is -0.381 e. The van der Waals surface area contributed by atoms with Gasteiger partial charge in [0, 0.05) is 0 Å². The minimum atomic E-state index is -0.967. The Bertz CT molecular complexity index is 274. The zero-order valence-electron chi connectivity index (χ0n) is 7.24. The van der Waals surface area contributed by atoms with Crippen LogP contribution in [0.25, 0.3) is 0 Å². The third-order valence-electron chi connectivity index (χ3n) is 1.78. The predicted octanol–water partition coefficient (Wildman–Crippen LogP) is 1.62. The highest BCUT2D eigenvalue weighted by Crippen LogP contribution is 2.13. The first-order valence-electron chi connectivity index (χ1n) is 3.86. The summed E-state index contributed by atoms with van der Waals surface area (Å²) in [6, 6.07) is 7.28. The summed E-state index contributed by atoms with van der Waals surface area (Å²) >= 11 is 0. The molecule has 0 aliphatic carbocycles. The summed E-state index contributed by atoms with van der Waals surface area (Å²) in [5, 5.41) is 9.34. The summed E-state index contributed by atoms with van der Waals surface area (Å²) in [6.45, 7) is 3.34. The lowest BCUT2D eigenvalue weighted by Gasteiger charge is -2.06. The van der Waals surface area contributed by atoms with Gasteiger partial charge in [-0.25, -0.2) is 0 Å². The van der Waals surface area contributed by atoms with Gasteiger partial charge in [0.05, 0.1) is 0 Å². The molecule has 1 unspecified atom stereocenters. The quantitative estimate of drug-likeness (QED) is 0.721. The number of ketones is 1. The molecule has 0 amide bonds. The van der Waals surface area contributed by atoms with Crippen LogP contribution < -0.4 is 0 Å². The molecule has 0 saturated carbocycles. The highest BCUT2D eigenvalue weighted by atomic mass is 16.3. The van der Waals surface area contributed by atoms with Crippen molar-refractivity contribution in [2.45, 2.75) is 20.0 Å². The fourth-order valence-electron chi connectivity index (χ4n) is 0.983. The number of aliphatic hydroxyl groups excluding tert-OH is 1. The van der Waals surface area contributed by atoms with Crippen LogP contribution in [-0.2, 0) is 4.79 Å². The number of aryl methyl sites for hydroxylation is 1. The SMILES string of the molecule is CC(=O)C(O)c1ccc(C)cc1. The Morgan fingerprint density at radius 1 is 1.33 bits per heavy atom. The maximum absolute atomic E-state index is 10.8. The van der Waals surface area contributed by atoms with Gasteiger partial charge >= 0.3 is 0 Å². The summed E-state index contributed by atoms with van der Waals surface area (Å²) < 4.78 is 0. The fraction of sp³-hybridized carbons (Fsp3) is 0.300. The van der Waals surface area contributed by atoms with Crippen LogP contribution in [0.1, 0.15) is 24.2 Å². The van der Waals surface area contributed by atoms with E-state index in [2.05, 4.69) is 0 Å². The summed E-state index contributed by atoms with van der Waals surface area (Å²) in [4.78, 5) is 10.8. The number of rotatable bonds is 2. The summed E-state index contributed by atoms with van der Waals surface area (Å²) in [7, 11) is 0. The Labute approximate surface area is 71.8 Å². The smallest absolute Gasteiger partial charge is 0.162 e. The van der Waals surface area contributed by atoms with Gasteiger partial charge in [-0.3, -0.25) is 4.79 Å². The molecule has 0 fully saturated rings. The minimum absolute atomic E-state index is 0.223. The molecule has 1 aromatic rings. The van der Waals surface area contributed by atoms with Crippen molar-refractivity contribution in [1.29, 1.82) is 0 Å². The van der Waals surface area contributed by atoms with Crippen molar-refractivity contribution in [2.75, 3.05) is 0 Å². The molecule has 2 nitrogen and oxygen atoms in total. The molecule has 0 saturated heterocycles. The highest BCUT2D eigenvalue weighted by molar-refractivity contribution is 5.81. The molecule has 0 spiro atoms. The van der Waals surface area contributed by atoms with Gasteiger partial charge < -0.3 is 5.11 Å². The number of hydrogen-bond donors (Lipinski definition) is 1. The number of hydrogen-bond acceptors (Lipinski definition) is 2. The Hall–Kier alpha value is -1.15. The summed E-state index contributed by atoms with van der Waals surface area (Å²) in [5.74, 6) is -0.223. The topological polar surface area (TPSA) is 37.3 Å². The molecular weight excluding hydrogens is 152 g/mol. The highest BCUT2D eigenvalue weighted by Gasteiger charge is 2.11. The average molecular weight is 164 g/mol. The van der Waals surface area contributed by atoms with Gasteiger partial charge in [-0.1, -0.05) is 29.8 Å². The normalized spacial score (nSPS) is 12.6. The van der Waals surface area contributed by atoms with Crippen LogP contribution in [0.3, 0.4) is 0 Å². The van der Waals surface area contributed by atoms with Gasteiger partial charge in [-0.2, -0.15) is 0 Å². The Morgan fingerprint density at radius 3 is 2.25 bits per heavy atom. The third-order valence-corrected chi connectivity index (χ3v) is 1.78. The molecule has 0 aliphatic heterocycles. The zero-order chi connectivity index (χ0) is 9.14. The van der Waals surface area contributed by atoms with Crippen LogP contribution in [0.4, 0.5) is 0 Å². The van der Waals surface area contributed by atoms with Crippen LogP contribution in [0.15, 0.2) is 24.3 Å². The number of carbonyl (C=O) groups is 1. The molecule has 0 heterocycles. The molecule has 1 aromatic carbocycles. The van der Waals surface area contributed by atoms with Crippen LogP contribution in [0, 0.1) is 6.92 Å². The third kappa shape index (κ3) is 1.92. The van der Waals surface area contributed by atoms with E-state index in [4.69, 9.17) is 0 Å². The first kappa shape index (κ1) is 8.94. The lowest BCUT2D eigenvalue weighted by Crippen LogP contribution is -2.06. The van der Waals surface area contributed by atoms with Gasteiger partial charge in [-0.05, 0) is 19.4 Å². The standard InChI is InChI=1S/C10H12O2/c1-7-3-5-9(6-4-7)10(12)8(2)11/h3-6,10,12H,1-2H3. The molecule has 12 heavy (non-hydrogen) atoms. The van der Waals surface area contributed by atoms with E-state index in [1.807, 2.05) is 19.1 Å². The van der Waals surface area contributed by atoms with E-state index in [1.54, 1.807) is 12.1 Å². The van der Waals surface area contributed by atoms with E-state index in [1.165, 1.54) is 6.92 Å². The summed E-state index contributed by atoms with van der Waals surface area (Å²) in [6.07, 6.45) is -0.967. The second-order valence-electron chi connectivity index (χ2n) is 2.92. The maximum Gasteiger partial charge on any atom is 0.162 e. The first-order valence-corrected chi connectivity index (χ1v) is 3.86. The van der Waals surface area contributed by atoms with Crippen molar-refractivity contribution in [2.24, 2.45) is 0 Å². The monoisotopic (exact) mass is 164 g/mol. The van der Waals surface area contributed by atoms with Gasteiger partial charge in [-0.15, -0.1) is 0 Å². The van der Waals surface area contributed by atoms with E-state index in [-0.39, 0.29) is 5.78 Å². The number of Topliss-reactive ketones (excluding diaryl/α,β-unsaturated/α-hetero) is 1. The Kier molecular flexibility index (Phi) is 2.61. The Balaban J connectivity index is 2.89. The van der Waals surface area contributed by atoms with Crippen molar-refractivity contribution in [3.05, 3.63) is 35.4 Å². The van der Waals surface area contributed by atoms with Crippen molar-refractivity contribution in [1.82, 2.24) is 0 Å². The number of aliphatic hydroxyl groups is 1. The average Bonchev–Trinajstić information content (AvgIpc) is 2.04. The van der Waals surface area contributed by atoms with Gasteiger partial charge in [0.25, 0.3) is 0 Å². The molecular formula is C10H12O2. The predicted molar refractivity (Wildman–Crippen MR) is 46.8 cm³/mol. The molecule has 1 N–H and O–H groups in total. The number of carbonyl (C=O) groups excluding carboxylic acids is 1. The van der Waals surface area contributed by atoms with Crippen LogP contribution >= 0.6 is 0 Å². The Morgan fingerprint density at radius 2 is 1.83 bits per heavy atom. The van der Waals surface area contributed by atoms with E-state index in [0.717, 1.165) is 5.56 Å². The van der Waals surface area contributed by atoms with Crippen molar-refractivity contribution in [3.8, 4) is 0 Å². The fourth-order valence-corrected chi connectivity index (χ4v) is 0.983. The lowest BCUT2D eigenvalue weighted by molar-refractivity contribution is -0.125. The molecule has 0 radical (unpaired) electrons. The first-order chi connectivity index (χ1) is 5.61. The maximum atomic E-state index is 10.8. The van der Waals surface area contributed by atoms with Crippen molar-refractivity contribution >= 4 is 5.78 Å². The second kappa shape index (κ2) is 3.50. The molecule has 2 heteroatoms. The van der Waals surface area contributed by atoms with Crippen LogP contribution in [0.5, 0.6) is 0 Å². The molecule has 64 valence electrons. The summed E-state index contributed by atoms with van der Waals surface area (Å²) in [5.41, 5.74) is 1.78. The molecule has 0 aromatic heterocycles. The van der Waals surface area contributed by atoms with Crippen LogP contribution in [-0.4, -0.2) is 10.9 Å². The van der Waals surface area contributed by atoms with Gasteiger partial charge in [0.15, 0.2) is 5.78 Å². The van der Waals surface area contributed by atoms with E-state index in [9.17, 15) is 9.90 Å². The molecule has 1 atom stereocenters. The van der Waals surface area contributed by atoms with Gasteiger partial charge in [0.1, 0.15) is 6.10 Å². The van der Waals surface area contributed by atoms with Crippen molar-refractivity contribution < 1.29 is 9.90 Å². The van der Waals surface area contributed by atoms with E-state index >= 15 is 0 Å². The second-order valence-corrected chi connectivity index (χ2v) is 2.92. The van der Waals surface area contributed by atoms with Crippen molar-refractivity contribution in [3.63, 3.8) is 0 Å². The molecule has 0 bridgehead atoms. The lowest BCUT2D eigenvalue weighted by atomic mass is 10.1. The largest absolute Gasteiger partial charge is 0.381 e.